The van der Waals surface area contributed by atoms with Gasteiger partial charge in [-0.1, -0.05) is 13.0 Å². The number of halogens is 3. The number of allylic oxidation sites excluding steroid dienone is 4. The standard InChI is InChI=1S/C23H29F3N4O3S2/c1-12(17-13(2)30-18(34-17)19(30)35-22(3,4)20(31)32)9-27-21-28-10-15(11-29-21)14-5-7-16(8-6-14)33-23(24,25)26/h5,7-8,10-12,14,18-20,31-32H,6,9H2,1-4H3,(H,27,28,29)/p+1/t12-,14+,18-,19?,30?/m1/s1. The van der Waals surface area contributed by atoms with Crippen LogP contribution in [0.2, 0.25) is 0 Å². The molecule has 7 nitrogen and oxygen atoms in total. The molecule has 2 aliphatic heterocycles. The van der Waals surface area contributed by atoms with Crippen LogP contribution in [-0.4, -0.2) is 59.8 Å². The number of aliphatic hydroxyl groups excluding tert-OH is 1. The Hall–Kier alpha value is -1.89. The number of nitrogens with one attached hydrogen (secondary N) is 1. The summed E-state index contributed by atoms with van der Waals surface area (Å²) in [5.41, 5.74) is 2.07. The van der Waals surface area contributed by atoms with E-state index in [0.717, 1.165) is 5.56 Å². The lowest BCUT2D eigenvalue weighted by atomic mass is 9.94. The molecule has 3 heterocycles. The zero-order valence-corrected chi connectivity index (χ0v) is 21.5. The molecule has 0 bridgehead atoms. The van der Waals surface area contributed by atoms with Crippen LogP contribution >= 0.6 is 11.8 Å². The number of aromatic nitrogens is 2. The van der Waals surface area contributed by atoms with Crippen LogP contribution in [-0.2, 0) is 16.5 Å². The van der Waals surface area contributed by atoms with Gasteiger partial charge in [-0.25, -0.2) is 9.97 Å². The van der Waals surface area contributed by atoms with E-state index in [1.54, 1.807) is 30.2 Å². The zero-order chi connectivity index (χ0) is 25.5. The van der Waals surface area contributed by atoms with Crippen LogP contribution in [0, 0.1) is 5.92 Å². The van der Waals surface area contributed by atoms with Gasteiger partial charge in [-0.2, -0.15) is 0 Å². The highest BCUT2D eigenvalue weighted by Crippen LogP contribution is 2.53. The van der Waals surface area contributed by atoms with E-state index in [2.05, 4.69) is 38.8 Å². The maximum absolute atomic E-state index is 12.3. The summed E-state index contributed by atoms with van der Waals surface area (Å²) >= 11 is 2.85. The highest BCUT2D eigenvalue weighted by molar-refractivity contribution is 8.02. The maximum atomic E-state index is 12.3. The predicted molar refractivity (Wildman–Crippen MR) is 132 cm³/mol. The Bertz CT molecular complexity index is 1030. The molecule has 0 radical (unpaired) electrons. The van der Waals surface area contributed by atoms with Crippen molar-refractivity contribution in [3.63, 3.8) is 0 Å². The number of hydrogen-bond acceptors (Lipinski definition) is 8. The number of alkyl halides is 3. The Labute approximate surface area is 210 Å². The monoisotopic (exact) mass is 531 g/mol. The van der Waals surface area contributed by atoms with E-state index >= 15 is 0 Å². The van der Waals surface area contributed by atoms with Crippen LogP contribution in [0.25, 0.3) is 0 Å². The molecule has 1 fully saturated rings. The predicted octanol–water partition coefficient (Wildman–Crippen LogP) is 3.84. The minimum Gasteiger partial charge on any atom is -0.406 e. The van der Waals surface area contributed by atoms with Gasteiger partial charge in [-0.15, -0.1) is 24.9 Å². The molecule has 4 rings (SSSR count). The van der Waals surface area contributed by atoms with Crippen molar-refractivity contribution < 1.29 is 28.1 Å². The maximum Gasteiger partial charge on any atom is 0.573 e. The third-order valence-electron chi connectivity index (χ3n) is 6.23. The van der Waals surface area contributed by atoms with Gasteiger partial charge in [-0.05, 0) is 44.9 Å². The van der Waals surface area contributed by atoms with Gasteiger partial charge in [0.1, 0.15) is 11.1 Å². The molecule has 0 saturated carbocycles. The Balaban J connectivity index is 1.27. The first-order valence-corrected chi connectivity index (χ1v) is 13.1. The summed E-state index contributed by atoms with van der Waals surface area (Å²) in [6.07, 6.45) is 2.11. The van der Waals surface area contributed by atoms with Crippen molar-refractivity contribution in [2.45, 2.75) is 68.2 Å². The quantitative estimate of drug-likeness (QED) is 0.192. The van der Waals surface area contributed by atoms with E-state index in [4.69, 9.17) is 0 Å². The second kappa shape index (κ2) is 9.87. The normalized spacial score (nSPS) is 25.0. The van der Waals surface area contributed by atoms with Gasteiger partial charge in [0.25, 0.3) is 0 Å². The average Bonchev–Trinajstić information content (AvgIpc) is 3.32. The minimum absolute atomic E-state index is 0.0998. The highest BCUT2D eigenvalue weighted by Gasteiger charge is 2.63. The second-order valence-electron chi connectivity index (χ2n) is 9.38. The van der Waals surface area contributed by atoms with Crippen molar-refractivity contribution in [2.24, 2.45) is 5.92 Å². The molecule has 1 saturated heterocycles. The summed E-state index contributed by atoms with van der Waals surface area (Å²) in [5.74, 6) is 0.472. The summed E-state index contributed by atoms with van der Waals surface area (Å²) in [7, 11) is 0. The van der Waals surface area contributed by atoms with Crippen LogP contribution in [0.3, 0.4) is 0 Å². The fourth-order valence-corrected chi connectivity index (χ4v) is 7.43. The molecule has 1 aliphatic carbocycles. The van der Waals surface area contributed by atoms with Gasteiger partial charge in [0, 0.05) is 42.5 Å². The van der Waals surface area contributed by atoms with E-state index in [1.807, 2.05) is 13.8 Å². The summed E-state index contributed by atoms with van der Waals surface area (Å²) < 4.78 is 40.3. The number of aliphatic hydroxyl groups is 2. The molecule has 3 aliphatic rings. The van der Waals surface area contributed by atoms with Crippen LogP contribution in [0.5, 0.6) is 0 Å². The number of thiol groups is 1. The summed E-state index contributed by atoms with van der Waals surface area (Å²) in [6, 6.07) is 0. The molecule has 12 heteroatoms. The van der Waals surface area contributed by atoms with Crippen molar-refractivity contribution in [3.05, 3.63) is 52.5 Å². The van der Waals surface area contributed by atoms with Gasteiger partial charge in [0.05, 0.1) is 10.4 Å². The van der Waals surface area contributed by atoms with Crippen molar-refractivity contribution in [1.29, 1.82) is 0 Å². The first-order valence-electron chi connectivity index (χ1n) is 11.3. The SMILES string of the molecule is CC1=C([C@H](C)CNc2ncc([C@H]3C=CC(OC(F)(F)F)=CC3)cn2)[SH+][C@@H]2C(SC(C)(C)C(O)O)N12. The summed E-state index contributed by atoms with van der Waals surface area (Å²) in [4.78, 5) is 12.4. The topological polar surface area (TPSA) is 90.5 Å². The molecule has 1 unspecified atom stereocenters. The number of ether oxygens (including phenoxy) is 1. The number of anilines is 1. The van der Waals surface area contributed by atoms with E-state index in [0.29, 0.717) is 24.3 Å². The number of rotatable bonds is 9. The lowest BCUT2D eigenvalue weighted by Gasteiger charge is -2.25. The van der Waals surface area contributed by atoms with Gasteiger partial charge < -0.3 is 25.2 Å². The van der Waals surface area contributed by atoms with Gasteiger partial charge in [-0.3, -0.25) is 0 Å². The fraction of sp³-hybridized carbons (Fsp3) is 0.565. The molecule has 0 spiro atoms. The van der Waals surface area contributed by atoms with Crippen LogP contribution < -0.4 is 5.32 Å². The van der Waals surface area contributed by atoms with E-state index in [1.165, 1.54) is 34.5 Å². The summed E-state index contributed by atoms with van der Waals surface area (Å²) in [5, 5.41) is 23.1. The average molecular weight is 532 g/mol. The Kier molecular flexibility index (Phi) is 7.38. The van der Waals surface area contributed by atoms with Crippen LogP contribution in [0.4, 0.5) is 19.1 Å². The van der Waals surface area contributed by atoms with E-state index in [9.17, 15) is 23.4 Å². The van der Waals surface area contributed by atoms with Crippen molar-refractivity contribution in [1.82, 2.24) is 14.9 Å². The highest BCUT2D eigenvalue weighted by atomic mass is 32.2. The van der Waals surface area contributed by atoms with Crippen LogP contribution in [0.1, 0.15) is 45.6 Å². The molecule has 35 heavy (non-hydrogen) atoms. The lowest BCUT2D eigenvalue weighted by Crippen LogP contribution is -2.33. The number of fused-ring (bicyclic) bond motifs is 1. The number of nitrogens with zero attached hydrogens (tertiary/aromatic N) is 3. The first-order chi connectivity index (χ1) is 16.4. The zero-order valence-electron chi connectivity index (χ0n) is 19.8. The van der Waals surface area contributed by atoms with Gasteiger partial charge in [0.15, 0.2) is 11.2 Å². The molecule has 192 valence electrons. The number of thioether (sulfide) groups is 1. The van der Waals surface area contributed by atoms with E-state index < -0.39 is 17.4 Å². The van der Waals surface area contributed by atoms with Gasteiger partial charge in [0.2, 0.25) is 11.3 Å². The molecule has 0 aromatic carbocycles. The summed E-state index contributed by atoms with van der Waals surface area (Å²) in [6.45, 7) is 8.62. The largest absolute Gasteiger partial charge is 0.573 e. The van der Waals surface area contributed by atoms with Crippen molar-refractivity contribution in [2.75, 3.05) is 11.9 Å². The smallest absolute Gasteiger partial charge is 0.406 e. The third kappa shape index (κ3) is 6.10. The Morgan fingerprint density at radius 1 is 1.29 bits per heavy atom. The molecular formula is C23H30F3N4O3S2+. The van der Waals surface area contributed by atoms with Gasteiger partial charge >= 0.3 is 6.36 Å². The molecule has 1 aromatic rings. The van der Waals surface area contributed by atoms with Crippen molar-refractivity contribution in [3.8, 4) is 0 Å². The van der Waals surface area contributed by atoms with Crippen LogP contribution in [0.15, 0.2) is 47.0 Å². The molecule has 3 N–H and O–H groups in total. The first kappa shape index (κ1) is 26.2. The Morgan fingerprint density at radius 3 is 2.49 bits per heavy atom. The molecule has 4 atom stereocenters. The Morgan fingerprint density at radius 2 is 1.97 bits per heavy atom. The van der Waals surface area contributed by atoms with Crippen molar-refractivity contribution >= 4 is 29.5 Å². The lowest BCUT2D eigenvalue weighted by molar-refractivity contribution is -0.303. The molecule has 0 amide bonds. The third-order valence-corrected chi connectivity index (χ3v) is 9.82. The number of hydrogen-bond donors (Lipinski definition) is 3. The van der Waals surface area contributed by atoms with E-state index in [-0.39, 0.29) is 23.0 Å². The molecular weight excluding hydrogens is 501 g/mol. The molecule has 1 aromatic heterocycles. The minimum atomic E-state index is -4.69. The fourth-order valence-electron chi connectivity index (χ4n) is 4.07. The second-order valence-corrected chi connectivity index (χ2v) is 12.4.